The van der Waals surface area contributed by atoms with E-state index >= 15 is 0 Å². The molecule has 69 heavy (non-hydrogen) atoms. The zero-order chi connectivity index (χ0) is 50.8. The average Bonchev–Trinajstić information content (AvgIpc) is 3.28. The second kappa shape index (κ2) is 21.5. The van der Waals surface area contributed by atoms with Crippen LogP contribution in [0.5, 0.6) is 23.0 Å². The molecule has 2 aliphatic carbocycles. The number of rotatable bonds is 19. The van der Waals surface area contributed by atoms with Crippen LogP contribution in [-0.2, 0) is 31.6 Å². The zero-order valence-electron chi connectivity index (χ0n) is 37.5. The van der Waals surface area contributed by atoms with E-state index in [1.165, 1.54) is 30.2 Å². The van der Waals surface area contributed by atoms with Crippen molar-refractivity contribution in [3.8, 4) is 23.0 Å². The molecule has 0 bridgehead atoms. The number of ether oxygens (including phenoxy) is 4. The number of phenolic OH excluding ortho intramolecular Hbond substituents is 2. The first-order valence-electron chi connectivity index (χ1n) is 21.4. The molecule has 6 atom stereocenters. The normalized spacial score (nSPS) is 23.0. The van der Waals surface area contributed by atoms with Gasteiger partial charge in [0.25, 0.3) is 5.08 Å². The minimum Gasteiger partial charge on any atom is -0.507 e. The highest BCUT2D eigenvalue weighted by atomic mass is 32.1. The predicted molar refractivity (Wildman–Crippen MR) is 248 cm³/mol. The lowest BCUT2D eigenvalue weighted by molar-refractivity contribution is -0.245. The van der Waals surface area contributed by atoms with Crippen molar-refractivity contribution in [3.63, 3.8) is 0 Å². The van der Waals surface area contributed by atoms with E-state index in [-0.39, 0.29) is 64.9 Å². The Balaban J connectivity index is 1.12. The first-order valence-corrected chi connectivity index (χ1v) is 25.0. The Morgan fingerprint density at radius 3 is 2.38 bits per heavy atom. The molecule has 6 rings (SSSR count). The van der Waals surface area contributed by atoms with Crippen LogP contribution in [0, 0.1) is 0 Å². The number of hydrazone groups is 1. The molecule has 378 valence electrons. The number of fused-ring (bicyclic) bond motifs is 3. The number of nitrogens with one attached hydrogen (secondary N) is 3. The Bertz CT molecular complexity index is 2540. The van der Waals surface area contributed by atoms with Gasteiger partial charge >= 0.3 is 15.2 Å². The number of ketones is 2. The number of hydrogen-bond acceptors (Lipinski definition) is 19. The number of nitrogens with two attached hydrogens (primary N) is 1. The minimum absolute atomic E-state index is 0.0335. The van der Waals surface area contributed by atoms with Crippen LogP contribution in [0.1, 0.15) is 87.2 Å². The third-order valence-electron chi connectivity index (χ3n) is 12.2. The van der Waals surface area contributed by atoms with Gasteiger partial charge < -0.3 is 79.8 Å². The third kappa shape index (κ3) is 11.3. The molecule has 27 heteroatoms. The number of thiocarbonyl (C=S) groups is 1. The molecule has 1 heterocycles. The van der Waals surface area contributed by atoms with Gasteiger partial charge in [-0.1, -0.05) is 24.3 Å². The molecule has 3 aromatic carbocycles. The molecule has 0 saturated carbocycles. The van der Waals surface area contributed by atoms with E-state index in [9.17, 15) is 68.9 Å². The van der Waals surface area contributed by atoms with Crippen molar-refractivity contribution in [3.05, 3.63) is 81.4 Å². The Kier molecular flexibility index (Phi) is 16.7. The van der Waals surface area contributed by atoms with Gasteiger partial charge in [0.15, 0.2) is 12.1 Å². The van der Waals surface area contributed by atoms with Crippen LogP contribution in [0.25, 0.3) is 0 Å². The monoisotopic (exact) mass is 1030 g/mol. The molecule has 3 aliphatic rings. The number of benzene rings is 3. The van der Waals surface area contributed by atoms with Gasteiger partial charge in [0.2, 0.25) is 10.9 Å². The fraction of sp³-hybridized carbons (Fsp3) is 0.476. The second-order valence-corrected chi connectivity index (χ2v) is 21.4. The summed E-state index contributed by atoms with van der Waals surface area (Å²) in [5.74, 6) is -2.46. The Labute approximate surface area is 400 Å². The summed E-state index contributed by atoms with van der Waals surface area (Å²) in [6.45, 7) is 1.16. The van der Waals surface area contributed by atoms with Crippen molar-refractivity contribution < 1.29 is 87.9 Å². The smallest absolute Gasteiger partial charge is 0.369 e. The van der Waals surface area contributed by atoms with Gasteiger partial charge in [-0.25, -0.2) is 5.43 Å². The van der Waals surface area contributed by atoms with E-state index in [4.69, 9.17) is 36.9 Å². The molecule has 15 N–H and O–H groups in total. The zero-order valence-corrected chi connectivity index (χ0v) is 40.1. The van der Waals surface area contributed by atoms with Crippen LogP contribution in [0.15, 0.2) is 47.6 Å². The molecule has 0 spiro atoms. The van der Waals surface area contributed by atoms with Crippen LogP contribution in [0.3, 0.4) is 0 Å². The van der Waals surface area contributed by atoms with Crippen molar-refractivity contribution in [1.82, 2.24) is 21.2 Å². The molecule has 3 aromatic rings. The summed E-state index contributed by atoms with van der Waals surface area (Å²) in [5.41, 5.74) is 11.1. The quantitative estimate of drug-likeness (QED) is 0.0147. The van der Waals surface area contributed by atoms with E-state index in [0.717, 1.165) is 5.56 Å². The lowest BCUT2D eigenvalue weighted by atomic mass is 9.71. The van der Waals surface area contributed by atoms with Gasteiger partial charge in [-0.05, 0) is 56.4 Å². The number of aromatic hydroxyl groups is 2. The van der Waals surface area contributed by atoms with Crippen molar-refractivity contribution in [2.45, 2.75) is 86.9 Å². The molecule has 1 saturated heterocycles. The maximum Gasteiger partial charge on any atom is 0.369 e. The summed E-state index contributed by atoms with van der Waals surface area (Å²) < 4.78 is 46.6. The summed E-state index contributed by atoms with van der Waals surface area (Å²) in [6.07, 6.45) is -5.84. The Morgan fingerprint density at radius 1 is 1.04 bits per heavy atom. The Morgan fingerprint density at radius 2 is 1.72 bits per heavy atom. The van der Waals surface area contributed by atoms with Crippen molar-refractivity contribution in [2.75, 3.05) is 40.5 Å². The summed E-state index contributed by atoms with van der Waals surface area (Å²) in [6, 6.07) is 10.5. The first-order chi connectivity index (χ1) is 32.3. The number of carbonyl (C=O) groups is 2. The topological polar surface area (TPSA) is 385 Å². The fourth-order valence-electron chi connectivity index (χ4n) is 8.45. The maximum absolute atomic E-state index is 14.1. The van der Waals surface area contributed by atoms with E-state index < -0.39 is 117 Å². The van der Waals surface area contributed by atoms with Crippen molar-refractivity contribution in [2.24, 2.45) is 10.8 Å². The van der Waals surface area contributed by atoms with E-state index in [0.29, 0.717) is 18.7 Å². The van der Waals surface area contributed by atoms with E-state index in [1.807, 2.05) is 0 Å². The van der Waals surface area contributed by atoms with Crippen LogP contribution in [0.2, 0.25) is 0 Å². The maximum atomic E-state index is 14.1. The standard InChI is InChI=1S/C42H56N6O18P2S/c1-21-35(50)26(43)16-30(65-21)66-28-18-41(55,17-25-32(28)39(54)34-33(37(25)52)36(51)24-9-5-10-27(63-3)31(24)38(34)53)29(20-49)45-47-40(69)46-44-19-22-7-4-8-23(15-22)64-14-6-12-48(2)13-11-42(56,67(57,58)59)68(60,61)62/h4-5,7-10,15,21,26,28,30,35,44,49-50,52,54-56H,6,11-14,16-20,43H2,1-3H3,(H2,46,47,69)(H2,57,58,59)(H2,60,61,62)/b45-29+/t21-,26-,28-,30-,35+,41-/m0/s1. The number of phenols is 2. The summed E-state index contributed by atoms with van der Waals surface area (Å²) in [4.78, 5) is 67.0. The lowest BCUT2D eigenvalue weighted by Gasteiger charge is -2.43. The highest BCUT2D eigenvalue weighted by Crippen LogP contribution is 2.69. The minimum atomic E-state index is -5.56. The molecular formula is C42H56N6O18P2S. The fourth-order valence-corrected chi connectivity index (χ4v) is 10.7. The molecule has 0 unspecified atom stereocenters. The van der Waals surface area contributed by atoms with Gasteiger partial charge in [0, 0.05) is 68.0 Å². The van der Waals surface area contributed by atoms with E-state index in [2.05, 4.69) is 21.4 Å². The highest BCUT2D eigenvalue weighted by molar-refractivity contribution is 7.80. The SMILES string of the molecule is COc1cccc2c1C(=O)c1c(O)c3c(c(O)c1C2=O)C[C@@](O)(/C(CO)=N/NC(=S)NNCc1cccc(OCCCN(C)CCC(O)(P(=O)(O)O)P(=O)(O)O)c1)C[C@@H]3O[C@H]1C[C@H](N)[C@H](O)[C@H](C)O1. The van der Waals surface area contributed by atoms with Crippen LogP contribution < -0.4 is 31.5 Å². The van der Waals surface area contributed by atoms with Gasteiger partial charge in [-0.3, -0.25) is 29.6 Å². The summed E-state index contributed by atoms with van der Waals surface area (Å²) in [5, 5.41) is 67.8. The molecular weight excluding hydrogens is 971 g/mol. The number of aliphatic hydroxyl groups excluding tert-OH is 2. The van der Waals surface area contributed by atoms with Crippen LogP contribution in [0.4, 0.5) is 0 Å². The average molecular weight is 1030 g/mol. The number of carbonyl (C=O) groups excluding carboxylic acids is 2. The van der Waals surface area contributed by atoms with Gasteiger partial charge in [0.1, 0.15) is 28.6 Å². The molecule has 0 amide bonds. The van der Waals surface area contributed by atoms with Gasteiger partial charge in [-0.2, -0.15) is 5.10 Å². The Hall–Kier alpha value is -4.50. The van der Waals surface area contributed by atoms with E-state index in [1.54, 1.807) is 38.2 Å². The predicted octanol–water partition coefficient (Wildman–Crippen LogP) is 0.0494. The molecule has 0 radical (unpaired) electrons. The number of nitrogens with zero attached hydrogens (tertiary/aromatic N) is 2. The molecule has 0 aromatic heterocycles. The third-order valence-corrected chi connectivity index (χ3v) is 16.3. The summed E-state index contributed by atoms with van der Waals surface area (Å²) in [7, 11) is -8.26. The van der Waals surface area contributed by atoms with Crippen molar-refractivity contribution in [1.29, 1.82) is 0 Å². The number of methoxy groups -OCH3 is 1. The highest BCUT2D eigenvalue weighted by Gasteiger charge is 2.59. The second-order valence-electron chi connectivity index (χ2n) is 17.0. The molecule has 1 aliphatic heterocycles. The van der Waals surface area contributed by atoms with Gasteiger partial charge in [0.05, 0.1) is 61.0 Å². The number of hydrazine groups is 1. The van der Waals surface area contributed by atoms with Crippen molar-refractivity contribution >= 4 is 49.8 Å². The summed E-state index contributed by atoms with van der Waals surface area (Å²) >= 11 is 5.37. The number of aliphatic hydroxyl groups is 4. The van der Waals surface area contributed by atoms with Crippen LogP contribution >= 0.6 is 27.4 Å². The van der Waals surface area contributed by atoms with Crippen LogP contribution in [-0.4, -0.2) is 153 Å². The largest absolute Gasteiger partial charge is 0.507 e. The van der Waals surface area contributed by atoms with Gasteiger partial charge in [-0.15, -0.1) is 0 Å². The molecule has 1 fully saturated rings. The molecule has 24 nitrogen and oxygen atoms in total. The lowest BCUT2D eigenvalue weighted by Crippen LogP contribution is -2.53. The first kappa shape index (κ1) is 53.8. The number of hydrogen-bond donors (Lipinski definition) is 14.